The number of anilines is 1. The van der Waals surface area contributed by atoms with Crippen LogP contribution in [0.5, 0.6) is 0 Å². The third-order valence-corrected chi connectivity index (χ3v) is 3.90. The zero-order valence-electron chi connectivity index (χ0n) is 12.2. The van der Waals surface area contributed by atoms with Crippen LogP contribution in [0.1, 0.15) is 51.1 Å². The molecule has 1 unspecified atom stereocenters. The second kappa shape index (κ2) is 6.86. The smallest absolute Gasteiger partial charge is 0.221 e. The van der Waals surface area contributed by atoms with Crippen LogP contribution in [0.3, 0.4) is 0 Å². The van der Waals surface area contributed by atoms with Crippen LogP contribution in [0.15, 0.2) is 24.3 Å². The van der Waals surface area contributed by atoms with Gasteiger partial charge in [-0.05, 0) is 37.5 Å². The second-order valence-electron chi connectivity index (χ2n) is 5.65. The van der Waals surface area contributed by atoms with Crippen molar-refractivity contribution in [3.8, 4) is 0 Å². The molecule has 0 heterocycles. The van der Waals surface area contributed by atoms with Crippen molar-refractivity contribution in [1.82, 2.24) is 5.32 Å². The molecular weight excluding hydrogens is 252 g/mol. The van der Waals surface area contributed by atoms with E-state index in [0.29, 0.717) is 0 Å². The molecule has 1 saturated carbocycles. The highest BCUT2D eigenvalue weighted by Crippen LogP contribution is 2.23. The fraction of sp³-hybridized carbons (Fsp3) is 0.562. The molecule has 1 aliphatic rings. The quantitative estimate of drug-likeness (QED) is 0.792. The monoisotopic (exact) mass is 276 g/mol. The Morgan fingerprint density at radius 3 is 2.80 bits per heavy atom. The van der Waals surface area contributed by atoms with Crippen LogP contribution in [0.2, 0.25) is 0 Å². The summed E-state index contributed by atoms with van der Waals surface area (Å²) in [6, 6.07) is 8.17. The topological polar surface area (TPSA) is 61.4 Å². The van der Waals surface area contributed by atoms with Crippen molar-refractivity contribution < 1.29 is 9.90 Å². The average molecular weight is 276 g/mol. The third-order valence-electron chi connectivity index (χ3n) is 3.90. The van der Waals surface area contributed by atoms with E-state index in [0.717, 1.165) is 30.5 Å². The molecule has 3 atom stereocenters. The van der Waals surface area contributed by atoms with Crippen LogP contribution in [0.4, 0.5) is 5.69 Å². The van der Waals surface area contributed by atoms with Gasteiger partial charge in [-0.2, -0.15) is 0 Å². The Morgan fingerprint density at radius 1 is 1.35 bits per heavy atom. The van der Waals surface area contributed by atoms with E-state index in [-0.39, 0.29) is 24.1 Å². The van der Waals surface area contributed by atoms with Gasteiger partial charge in [0.1, 0.15) is 0 Å². The minimum absolute atomic E-state index is 0.0644. The lowest BCUT2D eigenvalue weighted by atomic mass is 9.91. The van der Waals surface area contributed by atoms with E-state index in [1.54, 1.807) is 0 Å². The van der Waals surface area contributed by atoms with Crippen LogP contribution in [0, 0.1) is 0 Å². The van der Waals surface area contributed by atoms with E-state index in [9.17, 15) is 9.90 Å². The van der Waals surface area contributed by atoms with Gasteiger partial charge < -0.3 is 15.7 Å². The van der Waals surface area contributed by atoms with Crippen molar-refractivity contribution in [2.75, 3.05) is 5.32 Å². The van der Waals surface area contributed by atoms with E-state index in [2.05, 4.69) is 17.6 Å². The first kappa shape index (κ1) is 15.0. The summed E-state index contributed by atoms with van der Waals surface area (Å²) < 4.78 is 0. The molecule has 0 aromatic heterocycles. The van der Waals surface area contributed by atoms with Gasteiger partial charge in [0.05, 0.1) is 6.10 Å². The molecule has 4 heteroatoms. The number of aliphatic hydroxyl groups is 1. The molecule has 1 aromatic rings. The van der Waals surface area contributed by atoms with Crippen LogP contribution in [0.25, 0.3) is 0 Å². The lowest BCUT2D eigenvalue weighted by molar-refractivity contribution is -0.114. The summed E-state index contributed by atoms with van der Waals surface area (Å²) in [4.78, 5) is 11.1. The van der Waals surface area contributed by atoms with E-state index < -0.39 is 0 Å². The van der Waals surface area contributed by atoms with Crippen molar-refractivity contribution >= 4 is 11.6 Å². The van der Waals surface area contributed by atoms with Crippen molar-refractivity contribution in [2.45, 2.75) is 57.7 Å². The molecule has 110 valence electrons. The van der Waals surface area contributed by atoms with Gasteiger partial charge in [-0.25, -0.2) is 0 Å². The summed E-state index contributed by atoms with van der Waals surface area (Å²) >= 11 is 0. The molecular formula is C16H24N2O2. The normalized spacial score (nSPS) is 24.1. The van der Waals surface area contributed by atoms with Gasteiger partial charge in [0.15, 0.2) is 0 Å². The van der Waals surface area contributed by atoms with Gasteiger partial charge in [-0.15, -0.1) is 0 Å². The minimum atomic E-state index is -0.246. The Balaban J connectivity index is 2.01. The largest absolute Gasteiger partial charge is 0.392 e. The van der Waals surface area contributed by atoms with Gasteiger partial charge in [-0.3, -0.25) is 4.79 Å². The van der Waals surface area contributed by atoms with Gasteiger partial charge in [-0.1, -0.05) is 25.0 Å². The molecule has 20 heavy (non-hydrogen) atoms. The van der Waals surface area contributed by atoms with Crippen LogP contribution < -0.4 is 10.6 Å². The number of amides is 1. The van der Waals surface area contributed by atoms with Crippen molar-refractivity contribution in [1.29, 1.82) is 0 Å². The van der Waals surface area contributed by atoms with E-state index in [4.69, 9.17) is 0 Å². The van der Waals surface area contributed by atoms with E-state index >= 15 is 0 Å². The highest BCUT2D eigenvalue weighted by Gasteiger charge is 2.24. The number of benzene rings is 1. The highest BCUT2D eigenvalue weighted by atomic mass is 16.3. The zero-order valence-corrected chi connectivity index (χ0v) is 12.2. The van der Waals surface area contributed by atoms with Gasteiger partial charge in [0.25, 0.3) is 0 Å². The standard InChI is InChI=1S/C16H24N2O2/c1-11(17-15-8-3-4-9-16(15)20)13-6-5-7-14(10-13)18-12(2)19/h5-7,10-11,15-17,20H,3-4,8-9H2,1-2H3,(H,18,19)/t11?,15-,16-/m0/s1. The lowest BCUT2D eigenvalue weighted by Crippen LogP contribution is -2.43. The zero-order chi connectivity index (χ0) is 14.5. The number of aliphatic hydroxyl groups excluding tert-OH is 1. The number of nitrogens with one attached hydrogen (secondary N) is 2. The SMILES string of the molecule is CC(=O)Nc1cccc(C(C)N[C@H]2CCCC[C@@H]2O)c1. The molecule has 4 nitrogen and oxygen atoms in total. The number of carbonyl (C=O) groups is 1. The Labute approximate surface area is 120 Å². The maximum absolute atomic E-state index is 11.1. The molecule has 0 aliphatic heterocycles. The number of hydrogen-bond acceptors (Lipinski definition) is 3. The number of rotatable bonds is 4. The molecule has 0 saturated heterocycles. The second-order valence-corrected chi connectivity index (χ2v) is 5.65. The number of hydrogen-bond donors (Lipinski definition) is 3. The first-order valence-electron chi connectivity index (χ1n) is 7.38. The minimum Gasteiger partial charge on any atom is -0.392 e. The predicted octanol–water partition coefficient (Wildman–Crippen LogP) is 2.60. The maximum Gasteiger partial charge on any atom is 0.221 e. The average Bonchev–Trinajstić information content (AvgIpc) is 2.41. The molecule has 1 aromatic carbocycles. The van der Waals surface area contributed by atoms with Gasteiger partial charge in [0.2, 0.25) is 5.91 Å². The van der Waals surface area contributed by atoms with Crippen molar-refractivity contribution in [3.05, 3.63) is 29.8 Å². The Morgan fingerprint density at radius 2 is 2.10 bits per heavy atom. The summed E-state index contributed by atoms with van der Waals surface area (Å²) in [6.07, 6.45) is 3.96. The van der Waals surface area contributed by atoms with Crippen LogP contribution in [-0.4, -0.2) is 23.2 Å². The molecule has 0 spiro atoms. The summed E-state index contributed by atoms with van der Waals surface area (Å²) in [7, 11) is 0. The van der Waals surface area contributed by atoms with Gasteiger partial charge >= 0.3 is 0 Å². The molecule has 2 rings (SSSR count). The molecule has 1 amide bonds. The molecule has 0 bridgehead atoms. The first-order valence-corrected chi connectivity index (χ1v) is 7.38. The fourth-order valence-electron chi connectivity index (χ4n) is 2.81. The van der Waals surface area contributed by atoms with E-state index in [1.807, 2.05) is 24.3 Å². The number of carbonyl (C=O) groups excluding carboxylic acids is 1. The first-order chi connectivity index (χ1) is 9.56. The summed E-state index contributed by atoms with van der Waals surface area (Å²) in [6.45, 7) is 3.60. The summed E-state index contributed by atoms with van der Waals surface area (Å²) in [5.74, 6) is -0.0644. The van der Waals surface area contributed by atoms with Gasteiger partial charge in [0, 0.05) is 24.7 Å². The highest BCUT2D eigenvalue weighted by molar-refractivity contribution is 5.88. The van der Waals surface area contributed by atoms with Crippen LogP contribution >= 0.6 is 0 Å². The third kappa shape index (κ3) is 4.05. The van der Waals surface area contributed by atoms with Crippen LogP contribution in [-0.2, 0) is 4.79 Å². The Kier molecular flexibility index (Phi) is 5.15. The van der Waals surface area contributed by atoms with Crippen molar-refractivity contribution in [2.24, 2.45) is 0 Å². The summed E-state index contributed by atoms with van der Waals surface area (Å²) in [5.41, 5.74) is 1.93. The Hall–Kier alpha value is -1.39. The molecule has 3 N–H and O–H groups in total. The maximum atomic E-state index is 11.1. The molecule has 1 aliphatic carbocycles. The molecule has 1 fully saturated rings. The van der Waals surface area contributed by atoms with E-state index in [1.165, 1.54) is 13.3 Å². The molecule has 0 radical (unpaired) electrons. The van der Waals surface area contributed by atoms with Crippen molar-refractivity contribution in [3.63, 3.8) is 0 Å². The fourth-order valence-corrected chi connectivity index (χ4v) is 2.81. The Bertz CT molecular complexity index is 462. The predicted molar refractivity (Wildman–Crippen MR) is 80.6 cm³/mol. The lowest BCUT2D eigenvalue weighted by Gasteiger charge is -2.31. The summed E-state index contributed by atoms with van der Waals surface area (Å²) in [5, 5.41) is 16.3.